The van der Waals surface area contributed by atoms with Crippen molar-refractivity contribution in [2.75, 3.05) is 11.1 Å². The molecule has 2 rings (SSSR count). The van der Waals surface area contributed by atoms with Gasteiger partial charge in [-0.15, -0.1) is 10.2 Å². The predicted molar refractivity (Wildman–Crippen MR) is 93.7 cm³/mol. The molecule has 0 saturated carbocycles. The summed E-state index contributed by atoms with van der Waals surface area (Å²) in [5.41, 5.74) is 1.07. The highest BCUT2D eigenvalue weighted by Gasteiger charge is 2.30. The molecule has 0 aliphatic heterocycles. The number of nitrogens with one attached hydrogen (secondary N) is 1. The van der Waals surface area contributed by atoms with E-state index >= 15 is 0 Å². The average molecular weight is 392 g/mol. The highest BCUT2D eigenvalue weighted by atomic mass is 32.2. The number of carbonyl (C=O) groups is 1. The lowest BCUT2D eigenvalue weighted by molar-refractivity contribution is -0.141. The van der Waals surface area contributed by atoms with Crippen molar-refractivity contribution in [2.24, 2.45) is 0 Å². The molecular formula is C15H19F3N4OS2. The lowest BCUT2D eigenvalue weighted by Crippen LogP contribution is -2.19. The number of aryl methyl sites for hydroxylation is 1. The van der Waals surface area contributed by atoms with Crippen LogP contribution in [0.1, 0.15) is 35.6 Å². The summed E-state index contributed by atoms with van der Waals surface area (Å²) in [6.45, 7) is 5.97. The molecular weight excluding hydrogens is 373 g/mol. The number of thioether (sulfide) groups is 1. The molecule has 0 fully saturated rings. The molecule has 1 N–H and O–H groups in total. The first-order valence-electron chi connectivity index (χ1n) is 7.56. The number of halogens is 3. The fourth-order valence-electron chi connectivity index (χ4n) is 2.28. The molecule has 0 atom stereocenters. The second-order valence-electron chi connectivity index (χ2n) is 5.87. The van der Waals surface area contributed by atoms with E-state index in [-0.39, 0.29) is 17.6 Å². The molecule has 2 aromatic rings. The zero-order chi connectivity index (χ0) is 18.8. The number of aromatic nitrogens is 3. The molecule has 0 bridgehead atoms. The lowest BCUT2D eigenvalue weighted by atomic mass is 10.2. The smallest absolute Gasteiger partial charge is 0.358 e. The van der Waals surface area contributed by atoms with Gasteiger partial charge in [0.25, 0.3) is 0 Å². The van der Waals surface area contributed by atoms with Gasteiger partial charge in [-0.1, -0.05) is 23.1 Å². The number of Topliss-reactive ketones (excluding diaryl/α,β-unsaturated/α-hetero) is 1. The third-order valence-electron chi connectivity index (χ3n) is 3.36. The van der Waals surface area contributed by atoms with E-state index in [1.54, 1.807) is 6.92 Å². The van der Waals surface area contributed by atoms with E-state index in [0.717, 1.165) is 4.57 Å². The van der Waals surface area contributed by atoms with Crippen LogP contribution in [0, 0.1) is 13.8 Å². The van der Waals surface area contributed by atoms with Crippen LogP contribution >= 0.6 is 23.1 Å². The summed E-state index contributed by atoms with van der Waals surface area (Å²) in [4.78, 5) is 12.4. The second-order valence-corrected chi connectivity index (χ2v) is 8.07. The summed E-state index contributed by atoms with van der Waals surface area (Å²) < 4.78 is 39.7. The van der Waals surface area contributed by atoms with Crippen LogP contribution in [0.4, 0.5) is 18.3 Å². The number of nitrogens with zero attached hydrogens (tertiary/aromatic N) is 3. The molecule has 0 unspecified atom stereocenters. The van der Waals surface area contributed by atoms with Crippen LogP contribution in [0.5, 0.6) is 0 Å². The average Bonchev–Trinajstić information content (AvgIpc) is 3.02. The molecule has 0 aliphatic carbocycles. The Kier molecular flexibility index (Phi) is 6.15. The SMILES string of the molecule is Cc1cc(C(=O)CSc2nnc(NC(C)C)s2)c(C)n1CC(F)(F)F. The fourth-order valence-corrected chi connectivity index (χ4v) is 4.07. The number of hydrogen-bond donors (Lipinski definition) is 1. The molecule has 2 heterocycles. The minimum absolute atomic E-state index is 0.104. The van der Waals surface area contributed by atoms with E-state index in [2.05, 4.69) is 15.5 Å². The van der Waals surface area contributed by atoms with Gasteiger partial charge in [-0.3, -0.25) is 4.79 Å². The molecule has 0 aliphatic rings. The molecule has 0 spiro atoms. The van der Waals surface area contributed by atoms with Crippen molar-refractivity contribution in [3.63, 3.8) is 0 Å². The van der Waals surface area contributed by atoms with Crippen LogP contribution in [0.25, 0.3) is 0 Å². The van der Waals surface area contributed by atoms with Crippen LogP contribution in [-0.4, -0.2) is 38.5 Å². The lowest BCUT2D eigenvalue weighted by Gasteiger charge is -2.12. The standard InChI is InChI=1S/C15H19F3N4OS2/c1-8(2)19-13-20-21-14(25-13)24-6-12(23)11-5-9(3)22(10(11)4)7-15(16,17)18/h5,8H,6-7H2,1-4H3,(H,19,20). The number of carbonyl (C=O) groups excluding carboxylic acids is 1. The van der Waals surface area contributed by atoms with Crippen LogP contribution < -0.4 is 5.32 Å². The third kappa shape index (κ3) is 5.46. The van der Waals surface area contributed by atoms with Crippen LogP contribution in [0.3, 0.4) is 0 Å². The quantitative estimate of drug-likeness (QED) is 0.562. The fraction of sp³-hybridized carbons (Fsp3) is 0.533. The van der Waals surface area contributed by atoms with Gasteiger partial charge in [0.1, 0.15) is 6.54 Å². The van der Waals surface area contributed by atoms with Crippen molar-refractivity contribution in [1.29, 1.82) is 0 Å². The Labute approximate surface area is 152 Å². The van der Waals surface area contributed by atoms with Crippen molar-refractivity contribution in [3.8, 4) is 0 Å². The van der Waals surface area contributed by atoms with Gasteiger partial charge in [-0.25, -0.2) is 0 Å². The molecule has 2 aromatic heterocycles. The molecule has 5 nitrogen and oxygen atoms in total. The van der Waals surface area contributed by atoms with Gasteiger partial charge in [0.2, 0.25) is 5.13 Å². The van der Waals surface area contributed by atoms with Crippen molar-refractivity contribution in [3.05, 3.63) is 23.0 Å². The predicted octanol–water partition coefficient (Wildman–Crippen LogP) is 4.31. The van der Waals surface area contributed by atoms with Gasteiger partial charge in [0.15, 0.2) is 10.1 Å². The van der Waals surface area contributed by atoms with Gasteiger partial charge < -0.3 is 9.88 Å². The number of hydrogen-bond acceptors (Lipinski definition) is 6. The van der Waals surface area contributed by atoms with E-state index in [4.69, 9.17) is 0 Å². The minimum Gasteiger partial charge on any atom is -0.358 e. The largest absolute Gasteiger partial charge is 0.406 e. The number of ketones is 1. The van der Waals surface area contributed by atoms with Crippen LogP contribution in [-0.2, 0) is 6.54 Å². The highest BCUT2D eigenvalue weighted by Crippen LogP contribution is 2.28. The summed E-state index contributed by atoms with van der Waals surface area (Å²) >= 11 is 2.57. The second kappa shape index (κ2) is 7.77. The van der Waals surface area contributed by atoms with Crippen LogP contribution in [0.2, 0.25) is 0 Å². The zero-order valence-electron chi connectivity index (χ0n) is 14.3. The van der Waals surface area contributed by atoms with E-state index in [0.29, 0.717) is 26.4 Å². The first-order chi connectivity index (χ1) is 11.6. The van der Waals surface area contributed by atoms with Crippen LogP contribution in [0.15, 0.2) is 10.4 Å². The van der Waals surface area contributed by atoms with E-state index in [1.807, 2.05) is 13.8 Å². The van der Waals surface area contributed by atoms with Gasteiger partial charge in [0, 0.05) is 23.0 Å². The van der Waals surface area contributed by atoms with Crippen molar-refractivity contribution in [1.82, 2.24) is 14.8 Å². The Hall–Kier alpha value is -1.55. The highest BCUT2D eigenvalue weighted by molar-refractivity contribution is 8.01. The topological polar surface area (TPSA) is 59.8 Å². The van der Waals surface area contributed by atoms with Crippen molar-refractivity contribution < 1.29 is 18.0 Å². The molecule has 0 saturated heterocycles. The third-order valence-corrected chi connectivity index (χ3v) is 5.34. The van der Waals surface area contributed by atoms with E-state index < -0.39 is 12.7 Å². The van der Waals surface area contributed by atoms with Gasteiger partial charge in [-0.05, 0) is 33.8 Å². The maximum atomic E-state index is 12.6. The molecule has 25 heavy (non-hydrogen) atoms. The maximum absolute atomic E-state index is 12.6. The summed E-state index contributed by atoms with van der Waals surface area (Å²) in [5.74, 6) is -0.118. The number of rotatable bonds is 7. The first-order valence-corrected chi connectivity index (χ1v) is 9.36. The Morgan fingerprint density at radius 3 is 2.64 bits per heavy atom. The molecule has 0 aromatic carbocycles. The molecule has 10 heteroatoms. The summed E-state index contributed by atoms with van der Waals surface area (Å²) in [5, 5.41) is 11.8. The monoisotopic (exact) mass is 392 g/mol. The summed E-state index contributed by atoms with van der Waals surface area (Å²) in [6, 6.07) is 1.74. The Morgan fingerprint density at radius 2 is 2.04 bits per heavy atom. The van der Waals surface area contributed by atoms with E-state index in [9.17, 15) is 18.0 Å². The summed E-state index contributed by atoms with van der Waals surface area (Å²) in [6.07, 6.45) is -4.32. The minimum atomic E-state index is -4.32. The zero-order valence-corrected chi connectivity index (χ0v) is 15.9. The van der Waals surface area contributed by atoms with Crippen molar-refractivity contribution in [2.45, 2.75) is 50.8 Å². The number of anilines is 1. The van der Waals surface area contributed by atoms with E-state index in [1.165, 1.54) is 36.1 Å². The normalized spacial score (nSPS) is 12.0. The van der Waals surface area contributed by atoms with Gasteiger partial charge >= 0.3 is 6.18 Å². The Balaban J connectivity index is 2.04. The Bertz CT molecular complexity index is 753. The molecule has 0 amide bonds. The first kappa shape index (κ1) is 19.8. The van der Waals surface area contributed by atoms with Crippen molar-refractivity contribution >= 4 is 34.0 Å². The number of alkyl halides is 3. The Morgan fingerprint density at radius 1 is 1.36 bits per heavy atom. The summed E-state index contributed by atoms with van der Waals surface area (Å²) in [7, 11) is 0. The van der Waals surface area contributed by atoms with Gasteiger partial charge in [0.05, 0.1) is 5.75 Å². The maximum Gasteiger partial charge on any atom is 0.406 e. The molecule has 138 valence electrons. The molecule has 0 radical (unpaired) electrons. The van der Waals surface area contributed by atoms with Gasteiger partial charge in [-0.2, -0.15) is 13.2 Å².